The maximum atomic E-state index is 13.2. The first-order valence-corrected chi connectivity index (χ1v) is 5.57. The smallest absolute Gasteiger partial charge is 0.240 e. The summed E-state index contributed by atoms with van der Waals surface area (Å²) in [6.45, 7) is 0. The van der Waals surface area contributed by atoms with Crippen molar-refractivity contribution >= 4 is 22.4 Å². The highest BCUT2D eigenvalue weighted by molar-refractivity contribution is 7.86. The number of rotatable bonds is 1. The lowest BCUT2D eigenvalue weighted by molar-refractivity contribution is -0.115. The third-order valence-electron chi connectivity index (χ3n) is 2.00. The van der Waals surface area contributed by atoms with Gasteiger partial charge in [-0.2, -0.15) is 0 Å². The maximum Gasteiger partial charge on any atom is 0.240 e. The van der Waals surface area contributed by atoms with Crippen molar-refractivity contribution in [3.63, 3.8) is 0 Å². The molecule has 3 nitrogen and oxygen atoms in total. The zero-order valence-corrected chi connectivity index (χ0v) is 8.09. The number of anilines is 1. The van der Waals surface area contributed by atoms with Crippen molar-refractivity contribution in [2.24, 2.45) is 0 Å². The first kappa shape index (κ1) is 9.33. The molecule has 1 fully saturated rings. The van der Waals surface area contributed by atoms with Gasteiger partial charge in [0.25, 0.3) is 0 Å². The van der Waals surface area contributed by atoms with Crippen molar-refractivity contribution in [2.75, 3.05) is 16.5 Å². The van der Waals surface area contributed by atoms with Gasteiger partial charge in [0.05, 0.1) is 16.5 Å². The molecule has 1 atom stereocenters. The minimum atomic E-state index is -1.18. The number of amides is 1. The lowest BCUT2D eigenvalue weighted by atomic mass is 10.3. The third kappa shape index (κ3) is 1.55. The number of halogens is 1. The van der Waals surface area contributed by atoms with Crippen molar-refractivity contribution in [3.05, 3.63) is 30.1 Å². The highest BCUT2D eigenvalue weighted by Gasteiger charge is 2.28. The Morgan fingerprint density at radius 3 is 2.64 bits per heavy atom. The fourth-order valence-electron chi connectivity index (χ4n) is 1.35. The van der Waals surface area contributed by atoms with Crippen molar-refractivity contribution in [1.29, 1.82) is 0 Å². The molecule has 1 aliphatic heterocycles. The van der Waals surface area contributed by atoms with E-state index in [1.54, 1.807) is 12.1 Å². The summed E-state index contributed by atoms with van der Waals surface area (Å²) in [6.07, 6.45) is 0. The largest absolute Gasteiger partial charge is 0.296 e. The van der Waals surface area contributed by atoms with Crippen molar-refractivity contribution in [1.82, 2.24) is 0 Å². The summed E-state index contributed by atoms with van der Waals surface area (Å²) in [6, 6.07) is 5.99. The van der Waals surface area contributed by atoms with Gasteiger partial charge in [0.2, 0.25) is 5.91 Å². The van der Waals surface area contributed by atoms with E-state index < -0.39 is 16.6 Å². The van der Waals surface area contributed by atoms with E-state index in [1.807, 2.05) is 0 Å². The van der Waals surface area contributed by atoms with E-state index in [0.717, 1.165) is 0 Å². The third-order valence-corrected chi connectivity index (χ3v) is 3.12. The highest BCUT2D eigenvalue weighted by Crippen LogP contribution is 2.22. The second-order valence-electron chi connectivity index (χ2n) is 2.99. The Morgan fingerprint density at radius 2 is 2.07 bits per heavy atom. The molecule has 1 unspecified atom stereocenters. The van der Waals surface area contributed by atoms with Crippen LogP contribution in [0.1, 0.15) is 0 Å². The average molecular weight is 213 g/mol. The van der Waals surface area contributed by atoms with Gasteiger partial charge in [-0.15, -0.1) is 0 Å². The summed E-state index contributed by atoms with van der Waals surface area (Å²) in [5, 5.41) is 0. The van der Waals surface area contributed by atoms with Crippen LogP contribution < -0.4 is 4.90 Å². The maximum absolute atomic E-state index is 13.2. The van der Waals surface area contributed by atoms with Crippen LogP contribution in [0.4, 0.5) is 10.1 Å². The van der Waals surface area contributed by atoms with Crippen molar-refractivity contribution in [3.8, 4) is 0 Å². The molecule has 1 aliphatic rings. The SMILES string of the molecule is O=C1CS(=O)CN1c1ccccc1F. The molecule has 1 aromatic carbocycles. The Hall–Kier alpha value is -1.23. The van der Waals surface area contributed by atoms with Gasteiger partial charge in [0.1, 0.15) is 17.4 Å². The van der Waals surface area contributed by atoms with E-state index >= 15 is 0 Å². The Balaban J connectivity index is 2.36. The Labute approximate surface area is 83.0 Å². The van der Waals surface area contributed by atoms with Crippen LogP contribution in [-0.2, 0) is 15.6 Å². The van der Waals surface area contributed by atoms with Gasteiger partial charge in [0.15, 0.2) is 0 Å². The molecule has 1 heterocycles. The predicted octanol–water partition coefficient (Wildman–Crippen LogP) is 0.879. The van der Waals surface area contributed by atoms with Crippen molar-refractivity contribution < 1.29 is 13.4 Å². The van der Waals surface area contributed by atoms with Crippen LogP contribution in [0.15, 0.2) is 24.3 Å². The van der Waals surface area contributed by atoms with Gasteiger partial charge in [-0.05, 0) is 12.1 Å². The topological polar surface area (TPSA) is 37.4 Å². The molecular weight excluding hydrogens is 205 g/mol. The van der Waals surface area contributed by atoms with Crippen molar-refractivity contribution in [2.45, 2.75) is 0 Å². The number of para-hydroxylation sites is 1. The van der Waals surface area contributed by atoms with Crippen LogP contribution in [-0.4, -0.2) is 21.7 Å². The van der Waals surface area contributed by atoms with Gasteiger partial charge >= 0.3 is 0 Å². The predicted molar refractivity (Wildman–Crippen MR) is 51.8 cm³/mol. The Bertz CT molecular complexity index is 408. The molecule has 0 spiro atoms. The van der Waals surface area contributed by atoms with E-state index in [-0.39, 0.29) is 23.2 Å². The second kappa shape index (κ2) is 3.49. The van der Waals surface area contributed by atoms with E-state index in [0.29, 0.717) is 0 Å². The second-order valence-corrected chi connectivity index (χ2v) is 4.41. The van der Waals surface area contributed by atoms with E-state index in [2.05, 4.69) is 0 Å². The average Bonchev–Trinajstić information content (AvgIpc) is 2.46. The van der Waals surface area contributed by atoms with Crippen LogP contribution in [0, 0.1) is 5.82 Å². The quantitative estimate of drug-likeness (QED) is 0.694. The van der Waals surface area contributed by atoms with Gasteiger partial charge in [-0.3, -0.25) is 13.9 Å². The molecule has 1 aromatic rings. The van der Waals surface area contributed by atoms with Gasteiger partial charge in [-0.1, -0.05) is 12.1 Å². The van der Waals surface area contributed by atoms with Crippen LogP contribution in [0.2, 0.25) is 0 Å². The number of carbonyl (C=O) groups is 1. The first-order valence-electron chi connectivity index (χ1n) is 4.08. The molecule has 0 saturated carbocycles. The Kier molecular flexibility index (Phi) is 2.33. The highest BCUT2D eigenvalue weighted by atomic mass is 32.2. The molecule has 0 aliphatic carbocycles. The van der Waals surface area contributed by atoms with E-state index in [9.17, 15) is 13.4 Å². The zero-order chi connectivity index (χ0) is 10.1. The van der Waals surface area contributed by atoms with Gasteiger partial charge in [-0.25, -0.2) is 4.39 Å². The molecule has 0 aromatic heterocycles. The van der Waals surface area contributed by atoms with Crippen LogP contribution in [0.3, 0.4) is 0 Å². The number of nitrogens with zero attached hydrogens (tertiary/aromatic N) is 1. The number of hydrogen-bond donors (Lipinski definition) is 0. The summed E-state index contributed by atoms with van der Waals surface area (Å²) in [4.78, 5) is 12.5. The molecule has 0 bridgehead atoms. The fourth-order valence-corrected chi connectivity index (χ4v) is 2.45. The number of benzene rings is 1. The van der Waals surface area contributed by atoms with Crippen LogP contribution in [0.25, 0.3) is 0 Å². The molecule has 74 valence electrons. The van der Waals surface area contributed by atoms with Crippen LogP contribution in [0.5, 0.6) is 0 Å². The summed E-state index contributed by atoms with van der Waals surface area (Å²) in [5.74, 6) is -0.651. The molecule has 14 heavy (non-hydrogen) atoms. The summed E-state index contributed by atoms with van der Waals surface area (Å²) >= 11 is 0. The van der Waals surface area contributed by atoms with Gasteiger partial charge < -0.3 is 0 Å². The standard InChI is InChI=1S/C9H8FNO2S/c10-7-3-1-2-4-8(7)11-6-14(13)5-9(11)12/h1-4H,5-6H2. The molecular formula is C9H8FNO2S. The lowest BCUT2D eigenvalue weighted by Crippen LogP contribution is -2.25. The number of hydrogen-bond acceptors (Lipinski definition) is 2. The van der Waals surface area contributed by atoms with Gasteiger partial charge in [0, 0.05) is 0 Å². The normalized spacial score (nSPS) is 21.6. The molecule has 5 heteroatoms. The summed E-state index contributed by atoms with van der Waals surface area (Å²) in [7, 11) is -1.18. The minimum absolute atomic E-state index is 0.00562. The van der Waals surface area contributed by atoms with Crippen LogP contribution >= 0.6 is 0 Å². The number of carbonyl (C=O) groups excluding carboxylic acids is 1. The first-order chi connectivity index (χ1) is 6.68. The molecule has 2 rings (SSSR count). The van der Waals surface area contributed by atoms with E-state index in [4.69, 9.17) is 0 Å². The summed E-state index contributed by atoms with van der Waals surface area (Å²) < 4.78 is 24.3. The van der Waals surface area contributed by atoms with E-state index in [1.165, 1.54) is 17.0 Å². The minimum Gasteiger partial charge on any atom is -0.296 e. The lowest BCUT2D eigenvalue weighted by Gasteiger charge is -2.14. The fraction of sp³-hybridized carbons (Fsp3) is 0.222. The molecule has 1 amide bonds. The molecule has 1 saturated heterocycles. The zero-order valence-electron chi connectivity index (χ0n) is 7.27. The summed E-state index contributed by atoms with van der Waals surface area (Å²) in [5.41, 5.74) is 0.211. The molecule has 0 radical (unpaired) electrons. The monoisotopic (exact) mass is 213 g/mol. The molecule has 0 N–H and O–H groups in total. The Morgan fingerprint density at radius 1 is 1.36 bits per heavy atom.